The van der Waals surface area contributed by atoms with Crippen LogP contribution in [-0.2, 0) is 6.54 Å². The maximum atomic E-state index is 5.82. The molecule has 26 heavy (non-hydrogen) atoms. The first kappa shape index (κ1) is 18.6. The maximum Gasteiger partial charge on any atom is 0.119 e. The second-order valence-electron chi connectivity index (χ2n) is 6.62. The Morgan fingerprint density at radius 2 is 1.73 bits per heavy atom. The van der Waals surface area contributed by atoms with E-state index in [-0.39, 0.29) is 12.4 Å². The van der Waals surface area contributed by atoms with E-state index in [2.05, 4.69) is 28.8 Å². The van der Waals surface area contributed by atoms with E-state index in [0.717, 1.165) is 43.0 Å². The number of ether oxygens (including phenoxy) is 2. The summed E-state index contributed by atoms with van der Waals surface area (Å²) in [5.41, 5.74) is 2.39. The lowest BCUT2D eigenvalue weighted by atomic mass is 10.2. The van der Waals surface area contributed by atoms with Gasteiger partial charge in [0.2, 0.25) is 0 Å². The molecule has 0 aliphatic heterocycles. The van der Waals surface area contributed by atoms with Gasteiger partial charge in [0.05, 0.1) is 24.8 Å². The van der Waals surface area contributed by atoms with Crippen LogP contribution in [0, 0.1) is 0 Å². The van der Waals surface area contributed by atoms with Crippen LogP contribution in [0.3, 0.4) is 0 Å². The number of fused-ring (bicyclic) bond motifs is 1. The highest BCUT2D eigenvalue weighted by Gasteiger charge is 2.29. The Balaban J connectivity index is 0.00000196. The number of aryl methyl sites for hydroxylation is 1. The normalized spacial score (nSPS) is 13.4. The summed E-state index contributed by atoms with van der Waals surface area (Å²) in [4.78, 5) is 4.86. The van der Waals surface area contributed by atoms with Gasteiger partial charge in [-0.05, 0) is 62.1 Å². The minimum absolute atomic E-state index is 0. The number of nitrogens with zero attached hydrogens (tertiary/aromatic N) is 2. The van der Waals surface area contributed by atoms with E-state index in [9.17, 15) is 0 Å². The number of hydrogen-bond acceptors (Lipinski definition) is 3. The SMILES string of the molecule is COc1ccc(OCCCCn2c(C3CC3)nc3ccccc32)cc1.Cl. The van der Waals surface area contributed by atoms with Gasteiger partial charge in [-0.15, -0.1) is 12.4 Å². The standard InChI is InChI=1S/C21H24N2O2.ClH/c1-24-17-10-12-18(13-11-17)25-15-5-4-14-23-20-7-3-2-6-19(20)22-21(23)16-8-9-16;/h2-3,6-7,10-13,16H,4-5,8-9,14-15H2,1H3;1H. The molecule has 2 aromatic carbocycles. The molecule has 1 fully saturated rings. The molecule has 5 heteroatoms. The lowest BCUT2D eigenvalue weighted by Crippen LogP contribution is -2.05. The fourth-order valence-electron chi connectivity index (χ4n) is 3.22. The van der Waals surface area contributed by atoms with Gasteiger partial charge in [0.1, 0.15) is 17.3 Å². The average molecular weight is 373 g/mol. The smallest absolute Gasteiger partial charge is 0.119 e. The third kappa shape index (κ3) is 4.13. The largest absolute Gasteiger partial charge is 0.497 e. The molecule has 0 bridgehead atoms. The Bertz CT molecular complexity index is 841. The van der Waals surface area contributed by atoms with E-state index < -0.39 is 0 Å². The number of unbranched alkanes of at least 4 members (excludes halogenated alkanes) is 1. The fraction of sp³-hybridized carbons (Fsp3) is 0.381. The summed E-state index contributed by atoms with van der Waals surface area (Å²) in [5.74, 6) is 3.69. The fourth-order valence-corrected chi connectivity index (χ4v) is 3.22. The van der Waals surface area contributed by atoms with Crippen LogP contribution in [-0.4, -0.2) is 23.3 Å². The number of benzene rings is 2. The van der Waals surface area contributed by atoms with Crippen molar-refractivity contribution < 1.29 is 9.47 Å². The Morgan fingerprint density at radius 1 is 1.00 bits per heavy atom. The van der Waals surface area contributed by atoms with Crippen molar-refractivity contribution in [3.63, 3.8) is 0 Å². The molecule has 4 rings (SSSR count). The van der Waals surface area contributed by atoms with Crippen LogP contribution < -0.4 is 9.47 Å². The predicted molar refractivity (Wildman–Crippen MR) is 107 cm³/mol. The van der Waals surface area contributed by atoms with Gasteiger partial charge in [0.25, 0.3) is 0 Å². The third-order valence-corrected chi connectivity index (χ3v) is 4.73. The molecule has 0 amide bonds. The molecule has 138 valence electrons. The number of para-hydroxylation sites is 2. The molecule has 4 nitrogen and oxygen atoms in total. The van der Waals surface area contributed by atoms with Crippen molar-refractivity contribution in [2.24, 2.45) is 0 Å². The van der Waals surface area contributed by atoms with Crippen molar-refractivity contribution in [2.75, 3.05) is 13.7 Å². The lowest BCUT2D eigenvalue weighted by molar-refractivity contribution is 0.302. The third-order valence-electron chi connectivity index (χ3n) is 4.73. The molecule has 3 aromatic rings. The molecule has 1 aliphatic carbocycles. The zero-order valence-corrected chi connectivity index (χ0v) is 15.9. The van der Waals surface area contributed by atoms with Crippen LogP contribution in [0.25, 0.3) is 11.0 Å². The predicted octanol–water partition coefficient (Wildman–Crippen LogP) is 5.20. The zero-order chi connectivity index (χ0) is 17.1. The first-order valence-corrected chi connectivity index (χ1v) is 9.07. The highest BCUT2D eigenvalue weighted by Crippen LogP contribution is 2.40. The molecular weight excluding hydrogens is 348 g/mol. The molecule has 0 N–H and O–H groups in total. The summed E-state index contributed by atoms with van der Waals surface area (Å²) < 4.78 is 13.4. The van der Waals surface area contributed by atoms with Gasteiger partial charge in [-0.1, -0.05) is 12.1 Å². The number of rotatable bonds is 8. The van der Waals surface area contributed by atoms with Gasteiger partial charge in [0, 0.05) is 12.5 Å². The summed E-state index contributed by atoms with van der Waals surface area (Å²) in [7, 11) is 1.67. The van der Waals surface area contributed by atoms with Crippen LogP contribution in [0.15, 0.2) is 48.5 Å². The Labute approximate surface area is 160 Å². The second kappa shape index (κ2) is 8.45. The van der Waals surface area contributed by atoms with E-state index in [1.54, 1.807) is 7.11 Å². The minimum Gasteiger partial charge on any atom is -0.497 e. The molecule has 0 unspecified atom stereocenters. The molecule has 1 aromatic heterocycles. The molecule has 1 saturated carbocycles. The summed E-state index contributed by atoms with van der Waals surface area (Å²) in [6.07, 6.45) is 4.69. The molecule has 1 heterocycles. The van der Waals surface area contributed by atoms with Crippen LogP contribution in [0.1, 0.15) is 37.4 Å². The molecule has 0 saturated heterocycles. The van der Waals surface area contributed by atoms with Crippen molar-refractivity contribution in [3.8, 4) is 11.5 Å². The number of methoxy groups -OCH3 is 1. The van der Waals surface area contributed by atoms with Gasteiger partial charge in [-0.2, -0.15) is 0 Å². The average Bonchev–Trinajstić information content (AvgIpc) is 3.44. The summed E-state index contributed by atoms with van der Waals surface area (Å²) in [5, 5.41) is 0. The molecular formula is C21H25ClN2O2. The van der Waals surface area contributed by atoms with E-state index in [1.165, 1.54) is 24.2 Å². The zero-order valence-electron chi connectivity index (χ0n) is 15.1. The van der Waals surface area contributed by atoms with Crippen LogP contribution in [0.5, 0.6) is 11.5 Å². The topological polar surface area (TPSA) is 36.3 Å². The van der Waals surface area contributed by atoms with E-state index in [0.29, 0.717) is 5.92 Å². The van der Waals surface area contributed by atoms with Crippen LogP contribution in [0.2, 0.25) is 0 Å². The maximum absolute atomic E-state index is 5.82. The first-order chi connectivity index (χ1) is 12.3. The first-order valence-electron chi connectivity index (χ1n) is 9.07. The molecule has 0 spiro atoms. The van der Waals surface area contributed by atoms with Gasteiger partial charge in [0.15, 0.2) is 0 Å². The summed E-state index contributed by atoms with van der Waals surface area (Å²) in [6, 6.07) is 16.2. The van der Waals surface area contributed by atoms with Crippen molar-refractivity contribution in [3.05, 3.63) is 54.4 Å². The summed E-state index contributed by atoms with van der Waals surface area (Å²) >= 11 is 0. The van der Waals surface area contributed by atoms with Crippen molar-refractivity contribution in [1.82, 2.24) is 9.55 Å². The second-order valence-corrected chi connectivity index (χ2v) is 6.62. The number of aromatic nitrogens is 2. The van der Waals surface area contributed by atoms with Gasteiger partial charge in [-0.25, -0.2) is 4.98 Å². The quantitative estimate of drug-likeness (QED) is 0.509. The van der Waals surface area contributed by atoms with Crippen LogP contribution in [0.4, 0.5) is 0 Å². The van der Waals surface area contributed by atoms with E-state index >= 15 is 0 Å². The van der Waals surface area contributed by atoms with Gasteiger partial charge in [-0.3, -0.25) is 0 Å². The Hall–Kier alpha value is -2.20. The monoisotopic (exact) mass is 372 g/mol. The van der Waals surface area contributed by atoms with E-state index in [1.807, 2.05) is 24.3 Å². The molecule has 0 radical (unpaired) electrons. The Kier molecular flexibility index (Phi) is 6.04. The number of hydrogen-bond donors (Lipinski definition) is 0. The highest BCUT2D eigenvalue weighted by molar-refractivity contribution is 5.85. The number of halogens is 1. The van der Waals surface area contributed by atoms with Crippen molar-refractivity contribution in [1.29, 1.82) is 0 Å². The van der Waals surface area contributed by atoms with Crippen molar-refractivity contribution >= 4 is 23.4 Å². The van der Waals surface area contributed by atoms with Crippen molar-refractivity contribution in [2.45, 2.75) is 38.1 Å². The minimum atomic E-state index is 0. The Morgan fingerprint density at radius 3 is 2.46 bits per heavy atom. The summed E-state index contributed by atoms with van der Waals surface area (Å²) in [6.45, 7) is 1.75. The molecule has 1 aliphatic rings. The molecule has 0 atom stereocenters. The lowest BCUT2D eigenvalue weighted by Gasteiger charge is -2.10. The van der Waals surface area contributed by atoms with Gasteiger partial charge >= 0.3 is 0 Å². The van der Waals surface area contributed by atoms with Gasteiger partial charge < -0.3 is 14.0 Å². The number of imidazole rings is 1. The highest BCUT2D eigenvalue weighted by atomic mass is 35.5. The van der Waals surface area contributed by atoms with Crippen LogP contribution >= 0.6 is 12.4 Å². The van der Waals surface area contributed by atoms with E-state index in [4.69, 9.17) is 14.5 Å².